The second-order valence-electron chi connectivity index (χ2n) is 4.14. The molecule has 0 nitrogen and oxygen atoms in total. The third-order valence-corrected chi connectivity index (χ3v) is 3.05. The molecular weight excluding hydrogens is 218 g/mol. The van der Waals surface area contributed by atoms with Crippen LogP contribution in [0.1, 0.15) is 16.7 Å². The molecule has 0 saturated heterocycles. The van der Waals surface area contributed by atoms with Crippen LogP contribution in [-0.2, 0) is 6.42 Å². The SMILES string of the molecule is Fc1cccc(F)c1C1=Cc2ccccc2C1. The van der Waals surface area contributed by atoms with Gasteiger partial charge in [0, 0.05) is 5.56 Å². The summed E-state index contributed by atoms with van der Waals surface area (Å²) in [7, 11) is 0. The summed E-state index contributed by atoms with van der Waals surface area (Å²) < 4.78 is 27.3. The first-order chi connectivity index (χ1) is 8.25. The van der Waals surface area contributed by atoms with Crippen molar-refractivity contribution in [1.82, 2.24) is 0 Å². The summed E-state index contributed by atoms with van der Waals surface area (Å²) in [5.74, 6) is -0.992. The zero-order chi connectivity index (χ0) is 11.8. The van der Waals surface area contributed by atoms with Crippen LogP contribution in [0, 0.1) is 11.6 Å². The third-order valence-electron chi connectivity index (χ3n) is 3.05. The summed E-state index contributed by atoms with van der Waals surface area (Å²) in [5.41, 5.74) is 2.97. The molecule has 17 heavy (non-hydrogen) atoms. The van der Waals surface area contributed by atoms with Crippen LogP contribution in [-0.4, -0.2) is 0 Å². The standard InChI is InChI=1S/C15H10F2/c16-13-6-3-7-14(17)15(13)12-8-10-4-1-2-5-11(10)9-12/h1-8H,9H2. The molecule has 0 fully saturated rings. The Morgan fingerprint density at radius 1 is 0.824 bits per heavy atom. The Kier molecular flexibility index (Phi) is 2.29. The topological polar surface area (TPSA) is 0 Å². The molecule has 1 aliphatic carbocycles. The first kappa shape index (κ1) is 10.2. The van der Waals surface area contributed by atoms with Crippen molar-refractivity contribution >= 4 is 11.6 Å². The highest BCUT2D eigenvalue weighted by atomic mass is 19.1. The van der Waals surface area contributed by atoms with Crippen molar-refractivity contribution in [2.24, 2.45) is 0 Å². The lowest BCUT2D eigenvalue weighted by molar-refractivity contribution is 0.576. The van der Waals surface area contributed by atoms with Gasteiger partial charge in [-0.1, -0.05) is 36.4 Å². The van der Waals surface area contributed by atoms with Crippen molar-refractivity contribution in [3.63, 3.8) is 0 Å². The molecule has 0 spiro atoms. The molecule has 84 valence electrons. The largest absolute Gasteiger partial charge is 0.206 e. The number of hydrogen-bond acceptors (Lipinski definition) is 0. The van der Waals surface area contributed by atoms with Gasteiger partial charge in [-0.3, -0.25) is 0 Å². The smallest absolute Gasteiger partial charge is 0.133 e. The highest BCUT2D eigenvalue weighted by Crippen LogP contribution is 2.33. The normalized spacial score (nSPS) is 13.4. The molecule has 0 saturated carbocycles. The highest BCUT2D eigenvalue weighted by molar-refractivity contribution is 5.88. The molecule has 2 aromatic carbocycles. The maximum atomic E-state index is 13.6. The van der Waals surface area contributed by atoms with Crippen LogP contribution in [0.4, 0.5) is 8.78 Å². The van der Waals surface area contributed by atoms with Crippen molar-refractivity contribution in [3.8, 4) is 0 Å². The van der Waals surface area contributed by atoms with E-state index >= 15 is 0 Å². The quantitative estimate of drug-likeness (QED) is 0.690. The van der Waals surface area contributed by atoms with E-state index in [0.29, 0.717) is 12.0 Å². The van der Waals surface area contributed by atoms with Crippen molar-refractivity contribution in [3.05, 3.63) is 70.8 Å². The lowest BCUT2D eigenvalue weighted by Crippen LogP contribution is -1.94. The second kappa shape index (κ2) is 3.81. The Morgan fingerprint density at radius 2 is 1.53 bits per heavy atom. The van der Waals surface area contributed by atoms with Crippen LogP contribution in [0.2, 0.25) is 0 Å². The first-order valence-electron chi connectivity index (χ1n) is 5.48. The van der Waals surface area contributed by atoms with Gasteiger partial charge < -0.3 is 0 Å². The van der Waals surface area contributed by atoms with E-state index in [-0.39, 0.29) is 5.56 Å². The molecule has 0 aliphatic heterocycles. The predicted molar refractivity (Wildman–Crippen MR) is 64.4 cm³/mol. The van der Waals surface area contributed by atoms with Gasteiger partial charge in [-0.25, -0.2) is 8.78 Å². The van der Waals surface area contributed by atoms with Gasteiger partial charge in [0.15, 0.2) is 0 Å². The van der Waals surface area contributed by atoms with Gasteiger partial charge in [0.25, 0.3) is 0 Å². The number of allylic oxidation sites excluding steroid dienone is 1. The summed E-state index contributed by atoms with van der Waals surface area (Å²) in [6, 6.07) is 11.8. The highest BCUT2D eigenvalue weighted by Gasteiger charge is 2.19. The Hall–Kier alpha value is -1.96. The summed E-state index contributed by atoms with van der Waals surface area (Å²) in [6.07, 6.45) is 2.45. The second-order valence-corrected chi connectivity index (χ2v) is 4.14. The van der Waals surface area contributed by atoms with Crippen LogP contribution in [0.15, 0.2) is 42.5 Å². The Morgan fingerprint density at radius 3 is 2.24 bits per heavy atom. The number of benzene rings is 2. The predicted octanol–water partition coefficient (Wildman–Crippen LogP) is 4.06. The van der Waals surface area contributed by atoms with Crippen molar-refractivity contribution in [1.29, 1.82) is 0 Å². The van der Waals surface area contributed by atoms with Crippen molar-refractivity contribution in [2.45, 2.75) is 6.42 Å². The molecule has 1 aliphatic rings. The minimum absolute atomic E-state index is 0.101. The number of hydrogen-bond donors (Lipinski definition) is 0. The van der Waals surface area contributed by atoms with Gasteiger partial charge >= 0.3 is 0 Å². The molecule has 0 atom stereocenters. The monoisotopic (exact) mass is 228 g/mol. The molecular formula is C15H10F2. The Bertz CT molecular complexity index is 592. The van der Waals surface area contributed by atoms with E-state index in [0.717, 1.165) is 11.1 Å². The van der Waals surface area contributed by atoms with E-state index < -0.39 is 11.6 Å². The molecule has 2 aromatic rings. The van der Waals surface area contributed by atoms with Gasteiger partial charge in [-0.05, 0) is 35.3 Å². The molecule has 0 amide bonds. The summed E-state index contributed by atoms with van der Waals surface area (Å²) in [4.78, 5) is 0. The number of fused-ring (bicyclic) bond motifs is 1. The van der Waals surface area contributed by atoms with Gasteiger partial charge in [0.1, 0.15) is 11.6 Å². The fourth-order valence-corrected chi connectivity index (χ4v) is 2.25. The van der Waals surface area contributed by atoms with Gasteiger partial charge in [-0.2, -0.15) is 0 Å². The average molecular weight is 228 g/mol. The minimum atomic E-state index is -0.496. The molecule has 0 unspecified atom stereocenters. The summed E-state index contributed by atoms with van der Waals surface area (Å²) in [5, 5.41) is 0. The maximum absolute atomic E-state index is 13.6. The van der Waals surface area contributed by atoms with Crippen molar-refractivity contribution < 1.29 is 8.78 Å². The Balaban J connectivity index is 2.10. The van der Waals surface area contributed by atoms with E-state index in [1.165, 1.54) is 18.2 Å². The van der Waals surface area contributed by atoms with E-state index in [1.807, 2.05) is 30.3 Å². The van der Waals surface area contributed by atoms with Gasteiger partial charge in [-0.15, -0.1) is 0 Å². The van der Waals surface area contributed by atoms with Crippen molar-refractivity contribution in [2.75, 3.05) is 0 Å². The molecule has 3 rings (SSSR count). The molecule has 2 heteroatoms. The van der Waals surface area contributed by atoms with E-state index in [4.69, 9.17) is 0 Å². The zero-order valence-electron chi connectivity index (χ0n) is 9.08. The summed E-state index contributed by atoms with van der Waals surface area (Å²) >= 11 is 0. The van der Waals surface area contributed by atoms with Crippen LogP contribution < -0.4 is 0 Å². The molecule has 0 N–H and O–H groups in total. The number of halogens is 2. The maximum Gasteiger partial charge on any atom is 0.133 e. The van der Waals surface area contributed by atoms with Gasteiger partial charge in [0.05, 0.1) is 0 Å². The first-order valence-corrected chi connectivity index (χ1v) is 5.48. The minimum Gasteiger partial charge on any atom is -0.206 e. The fraction of sp³-hybridized carbons (Fsp3) is 0.0667. The van der Waals surface area contributed by atoms with Crippen LogP contribution in [0.3, 0.4) is 0 Å². The lowest BCUT2D eigenvalue weighted by atomic mass is 10.0. The molecule has 0 aromatic heterocycles. The van der Waals surface area contributed by atoms with E-state index in [9.17, 15) is 8.78 Å². The van der Waals surface area contributed by atoms with E-state index in [1.54, 1.807) is 0 Å². The van der Waals surface area contributed by atoms with Gasteiger partial charge in [0.2, 0.25) is 0 Å². The molecule has 0 heterocycles. The average Bonchev–Trinajstić information content (AvgIpc) is 2.71. The number of rotatable bonds is 1. The fourth-order valence-electron chi connectivity index (χ4n) is 2.25. The van der Waals surface area contributed by atoms with Crippen LogP contribution >= 0.6 is 0 Å². The van der Waals surface area contributed by atoms with Crippen LogP contribution in [0.25, 0.3) is 11.6 Å². The lowest BCUT2D eigenvalue weighted by Gasteiger charge is -2.05. The third kappa shape index (κ3) is 1.66. The molecule has 0 radical (unpaired) electrons. The summed E-state index contributed by atoms with van der Waals surface area (Å²) in [6.45, 7) is 0. The molecule has 0 bridgehead atoms. The van der Waals surface area contributed by atoms with E-state index in [2.05, 4.69) is 0 Å². The zero-order valence-corrected chi connectivity index (χ0v) is 9.08. The Labute approximate surface area is 98.2 Å². The van der Waals surface area contributed by atoms with Crippen LogP contribution in [0.5, 0.6) is 0 Å².